The predicted octanol–water partition coefficient (Wildman–Crippen LogP) is 0.335. The third kappa shape index (κ3) is 2.37. The van der Waals surface area contributed by atoms with Gasteiger partial charge in [0.25, 0.3) is 0 Å². The molecule has 0 spiro atoms. The maximum absolute atomic E-state index is 4.00. The summed E-state index contributed by atoms with van der Waals surface area (Å²) >= 11 is 0. The lowest BCUT2D eigenvalue weighted by Crippen LogP contribution is -2.07. The van der Waals surface area contributed by atoms with Crippen LogP contribution in [-0.4, -0.2) is 40.5 Å². The highest BCUT2D eigenvalue weighted by atomic mass is 15.3. The molecule has 1 aromatic rings. The molecule has 1 N–H and O–H groups in total. The van der Waals surface area contributed by atoms with Crippen molar-refractivity contribution in [2.75, 3.05) is 14.1 Å². The summed E-state index contributed by atoms with van der Waals surface area (Å²) in [6, 6.07) is 0. The Morgan fingerprint density at radius 2 is 2.18 bits per heavy atom. The summed E-state index contributed by atoms with van der Waals surface area (Å²) in [5.74, 6) is 1.31. The van der Waals surface area contributed by atoms with Crippen molar-refractivity contribution >= 4 is 12.3 Å². The van der Waals surface area contributed by atoms with Gasteiger partial charge in [0.1, 0.15) is 5.82 Å². The van der Waals surface area contributed by atoms with E-state index < -0.39 is 0 Å². The van der Waals surface area contributed by atoms with E-state index in [1.165, 1.54) is 0 Å². The Balaban J connectivity index is 2.64. The molecule has 0 aliphatic carbocycles. The van der Waals surface area contributed by atoms with Gasteiger partial charge in [0.15, 0.2) is 0 Å². The number of hydrogen-bond donors (Lipinski definition) is 1. The monoisotopic (exact) mass is 153 g/mol. The van der Waals surface area contributed by atoms with E-state index in [0.717, 1.165) is 5.82 Å². The first-order valence-electron chi connectivity index (χ1n) is 3.28. The number of H-pyrrole nitrogens is 1. The van der Waals surface area contributed by atoms with Gasteiger partial charge in [0.05, 0.1) is 6.34 Å². The van der Waals surface area contributed by atoms with Crippen LogP contribution in [0.1, 0.15) is 5.82 Å². The van der Waals surface area contributed by atoms with Gasteiger partial charge < -0.3 is 9.88 Å². The molecule has 11 heavy (non-hydrogen) atoms. The molecule has 0 radical (unpaired) electrons. The van der Waals surface area contributed by atoms with E-state index >= 15 is 0 Å². The summed E-state index contributed by atoms with van der Waals surface area (Å²) in [6.07, 6.45) is 1.67. The molecule has 0 aliphatic heterocycles. The zero-order valence-corrected chi connectivity index (χ0v) is 6.87. The third-order valence-corrected chi connectivity index (χ3v) is 0.998. The highest BCUT2D eigenvalue weighted by molar-refractivity contribution is 5.57. The molecule has 5 heteroatoms. The van der Waals surface area contributed by atoms with Gasteiger partial charge in [-0.2, -0.15) is 0 Å². The molecule has 1 aromatic heterocycles. The Morgan fingerprint density at radius 3 is 2.64 bits per heavy atom. The molecular formula is C6H11N5. The van der Waals surface area contributed by atoms with Gasteiger partial charge in [0, 0.05) is 14.1 Å². The van der Waals surface area contributed by atoms with E-state index in [1.807, 2.05) is 25.9 Å². The molecule has 60 valence electrons. The lowest BCUT2D eigenvalue weighted by atomic mass is 10.7. The Bertz CT molecular complexity index is 249. The summed E-state index contributed by atoms with van der Waals surface area (Å²) in [5.41, 5.74) is 0. The van der Waals surface area contributed by atoms with Crippen LogP contribution >= 0.6 is 0 Å². The topological polar surface area (TPSA) is 57.2 Å². The van der Waals surface area contributed by atoms with Gasteiger partial charge in [-0.3, -0.25) is 0 Å². The zero-order valence-electron chi connectivity index (χ0n) is 6.87. The Morgan fingerprint density at radius 1 is 1.45 bits per heavy atom. The first-order chi connectivity index (χ1) is 5.18. The number of aliphatic imine (C=N–C) groups is 1. The van der Waals surface area contributed by atoms with Crippen molar-refractivity contribution < 1.29 is 0 Å². The lowest BCUT2D eigenvalue weighted by molar-refractivity contribution is 0.642. The first-order valence-corrected chi connectivity index (χ1v) is 3.28. The van der Waals surface area contributed by atoms with Crippen LogP contribution in [-0.2, 0) is 0 Å². The van der Waals surface area contributed by atoms with Crippen molar-refractivity contribution in [1.29, 1.82) is 0 Å². The van der Waals surface area contributed by atoms with Crippen molar-refractivity contribution in [3.63, 3.8) is 0 Å². The van der Waals surface area contributed by atoms with Crippen molar-refractivity contribution in [1.82, 2.24) is 20.1 Å². The van der Waals surface area contributed by atoms with E-state index in [9.17, 15) is 0 Å². The minimum atomic E-state index is 0.538. The minimum absolute atomic E-state index is 0.538. The van der Waals surface area contributed by atoms with E-state index in [-0.39, 0.29) is 0 Å². The molecule has 0 unspecified atom stereocenters. The van der Waals surface area contributed by atoms with Crippen molar-refractivity contribution in [2.24, 2.45) is 4.99 Å². The van der Waals surface area contributed by atoms with Crippen LogP contribution in [0.25, 0.3) is 0 Å². The largest absolute Gasteiger partial charge is 0.369 e. The van der Waals surface area contributed by atoms with E-state index in [0.29, 0.717) is 5.95 Å². The molecule has 0 amide bonds. The number of nitrogens with zero attached hydrogens (tertiary/aromatic N) is 4. The summed E-state index contributed by atoms with van der Waals surface area (Å²) in [7, 11) is 3.79. The fourth-order valence-electron chi connectivity index (χ4n) is 0.562. The molecule has 0 saturated carbocycles. The van der Waals surface area contributed by atoms with Gasteiger partial charge in [-0.1, -0.05) is 0 Å². The molecule has 0 aliphatic rings. The Kier molecular flexibility index (Phi) is 2.20. The number of aryl methyl sites for hydroxylation is 1. The Labute approximate surface area is 65.2 Å². The second-order valence-electron chi connectivity index (χ2n) is 2.44. The van der Waals surface area contributed by atoms with Crippen LogP contribution in [0, 0.1) is 6.92 Å². The van der Waals surface area contributed by atoms with E-state index in [1.54, 1.807) is 6.34 Å². The fourth-order valence-corrected chi connectivity index (χ4v) is 0.562. The van der Waals surface area contributed by atoms with Crippen molar-refractivity contribution in [3.8, 4) is 0 Å². The van der Waals surface area contributed by atoms with E-state index in [4.69, 9.17) is 0 Å². The number of aromatic amines is 1. The second kappa shape index (κ2) is 3.14. The van der Waals surface area contributed by atoms with Gasteiger partial charge in [-0.25, -0.2) is 4.99 Å². The van der Waals surface area contributed by atoms with Gasteiger partial charge in [-0.05, 0) is 6.92 Å². The van der Waals surface area contributed by atoms with Crippen molar-refractivity contribution in [3.05, 3.63) is 5.82 Å². The molecule has 0 saturated heterocycles. The number of rotatable bonds is 2. The zero-order chi connectivity index (χ0) is 8.27. The first kappa shape index (κ1) is 7.71. The number of hydrogen-bond acceptors (Lipinski definition) is 3. The summed E-state index contributed by atoms with van der Waals surface area (Å²) in [4.78, 5) is 8.71. The molecule has 0 bridgehead atoms. The smallest absolute Gasteiger partial charge is 0.249 e. The maximum atomic E-state index is 4.00. The van der Waals surface area contributed by atoms with Crippen LogP contribution in [0.2, 0.25) is 0 Å². The SMILES string of the molecule is Cc1nnc(/N=C/N(C)C)[nH]1. The molecule has 0 fully saturated rings. The lowest BCUT2D eigenvalue weighted by Gasteiger charge is -1.99. The highest BCUT2D eigenvalue weighted by Gasteiger charge is 1.92. The fraction of sp³-hybridized carbons (Fsp3) is 0.500. The summed E-state index contributed by atoms with van der Waals surface area (Å²) < 4.78 is 0. The molecule has 1 heterocycles. The minimum Gasteiger partial charge on any atom is -0.369 e. The average molecular weight is 153 g/mol. The van der Waals surface area contributed by atoms with Gasteiger partial charge >= 0.3 is 0 Å². The van der Waals surface area contributed by atoms with Crippen LogP contribution in [0.4, 0.5) is 5.95 Å². The standard InChI is InChI=1S/C6H11N5/c1-5-8-6(10-9-5)7-4-11(2)3/h4H,1-3H3,(H,8,9,10)/b7-4+. The summed E-state index contributed by atoms with van der Waals surface area (Å²) in [5, 5.41) is 7.51. The Hall–Kier alpha value is -1.39. The maximum Gasteiger partial charge on any atom is 0.249 e. The second-order valence-corrected chi connectivity index (χ2v) is 2.44. The van der Waals surface area contributed by atoms with Gasteiger partial charge in [0.2, 0.25) is 5.95 Å². The molecule has 1 rings (SSSR count). The predicted molar refractivity (Wildman–Crippen MR) is 43.0 cm³/mol. The molecular weight excluding hydrogens is 142 g/mol. The normalized spacial score (nSPS) is 10.8. The summed E-state index contributed by atoms with van der Waals surface area (Å²) in [6.45, 7) is 1.84. The van der Waals surface area contributed by atoms with Crippen molar-refractivity contribution in [2.45, 2.75) is 6.92 Å². The third-order valence-electron chi connectivity index (χ3n) is 0.998. The van der Waals surface area contributed by atoms with E-state index in [2.05, 4.69) is 20.2 Å². The van der Waals surface area contributed by atoms with Crippen LogP contribution in [0.3, 0.4) is 0 Å². The van der Waals surface area contributed by atoms with Crippen LogP contribution in [0.5, 0.6) is 0 Å². The quantitative estimate of drug-likeness (QED) is 0.492. The molecule has 5 nitrogen and oxygen atoms in total. The van der Waals surface area contributed by atoms with Gasteiger partial charge in [-0.15, -0.1) is 10.2 Å². The van der Waals surface area contributed by atoms with Crippen LogP contribution in [0.15, 0.2) is 4.99 Å². The number of nitrogens with one attached hydrogen (secondary N) is 1. The average Bonchev–Trinajstić information content (AvgIpc) is 2.31. The number of aromatic nitrogens is 3. The highest BCUT2D eigenvalue weighted by Crippen LogP contribution is 1.99. The molecule has 0 atom stereocenters. The molecule has 0 aromatic carbocycles. The van der Waals surface area contributed by atoms with Crippen LogP contribution < -0.4 is 0 Å².